The molecule has 5 nitrogen and oxygen atoms in total. The molecule has 1 heterocycles. The second-order valence-electron chi connectivity index (χ2n) is 5.25. The fourth-order valence-corrected chi connectivity index (χ4v) is 2.09. The fourth-order valence-electron chi connectivity index (χ4n) is 2.09. The number of hydrogen-bond donors (Lipinski definition) is 3. The first-order chi connectivity index (χ1) is 10.5. The van der Waals surface area contributed by atoms with Crippen molar-refractivity contribution in [2.75, 3.05) is 5.32 Å². The highest BCUT2D eigenvalue weighted by Crippen LogP contribution is 2.19. The molecule has 0 aliphatic rings. The van der Waals surface area contributed by atoms with Crippen LogP contribution in [0, 0.1) is 12.7 Å². The molecule has 2 atom stereocenters. The van der Waals surface area contributed by atoms with E-state index >= 15 is 0 Å². The van der Waals surface area contributed by atoms with Crippen molar-refractivity contribution < 1.29 is 18.7 Å². The number of amides is 2. The number of nitrogens with one attached hydrogen (secondary N) is 2. The number of carbonyl (C=O) groups excluding carboxylic acids is 1. The summed E-state index contributed by atoms with van der Waals surface area (Å²) in [5, 5.41) is 15.0. The molecule has 0 saturated heterocycles. The lowest BCUT2D eigenvalue weighted by Gasteiger charge is -2.17. The fraction of sp³-hybridized carbons (Fsp3) is 0.312. The summed E-state index contributed by atoms with van der Waals surface area (Å²) in [7, 11) is 0. The van der Waals surface area contributed by atoms with Gasteiger partial charge in [0.25, 0.3) is 0 Å². The molecule has 0 spiro atoms. The van der Waals surface area contributed by atoms with Crippen LogP contribution in [0.1, 0.15) is 30.8 Å². The summed E-state index contributed by atoms with van der Waals surface area (Å²) in [4.78, 5) is 11.8. The summed E-state index contributed by atoms with van der Waals surface area (Å²) in [6, 6.07) is 7.08. The van der Waals surface area contributed by atoms with Gasteiger partial charge in [0.2, 0.25) is 0 Å². The molecule has 0 fully saturated rings. The SMILES string of the molecule is Cc1ccc(NC(=O)NC(C)CC(O)c2ccco2)c(F)c1. The molecule has 1 aromatic carbocycles. The predicted molar refractivity (Wildman–Crippen MR) is 81.0 cm³/mol. The number of aliphatic hydroxyl groups excluding tert-OH is 1. The minimum Gasteiger partial charge on any atom is -0.467 e. The van der Waals surface area contributed by atoms with Gasteiger partial charge in [-0.3, -0.25) is 0 Å². The summed E-state index contributed by atoms with van der Waals surface area (Å²) in [5.74, 6) is -0.0444. The van der Waals surface area contributed by atoms with Crippen molar-refractivity contribution in [2.45, 2.75) is 32.4 Å². The average molecular weight is 306 g/mol. The van der Waals surface area contributed by atoms with E-state index in [2.05, 4.69) is 10.6 Å². The molecule has 0 radical (unpaired) electrons. The molecule has 2 aromatic rings. The Morgan fingerprint density at radius 1 is 1.41 bits per heavy atom. The van der Waals surface area contributed by atoms with E-state index in [-0.39, 0.29) is 18.2 Å². The molecule has 1 aromatic heterocycles. The molecular weight excluding hydrogens is 287 g/mol. The van der Waals surface area contributed by atoms with Gasteiger partial charge in [0.15, 0.2) is 0 Å². The molecule has 118 valence electrons. The van der Waals surface area contributed by atoms with Gasteiger partial charge in [-0.15, -0.1) is 0 Å². The Hall–Kier alpha value is -2.34. The van der Waals surface area contributed by atoms with Gasteiger partial charge < -0.3 is 20.2 Å². The van der Waals surface area contributed by atoms with Crippen molar-refractivity contribution in [3.8, 4) is 0 Å². The first-order valence-electron chi connectivity index (χ1n) is 7.01. The van der Waals surface area contributed by atoms with Gasteiger partial charge in [0.05, 0.1) is 12.0 Å². The third kappa shape index (κ3) is 4.33. The maximum atomic E-state index is 13.6. The van der Waals surface area contributed by atoms with Crippen LogP contribution in [0.3, 0.4) is 0 Å². The lowest BCUT2D eigenvalue weighted by Crippen LogP contribution is -2.37. The van der Waals surface area contributed by atoms with Crippen molar-refractivity contribution in [2.24, 2.45) is 0 Å². The molecule has 0 bridgehead atoms. The van der Waals surface area contributed by atoms with Gasteiger partial charge in [-0.25, -0.2) is 9.18 Å². The van der Waals surface area contributed by atoms with E-state index < -0.39 is 18.0 Å². The number of aliphatic hydroxyl groups is 1. The van der Waals surface area contributed by atoms with Gasteiger partial charge in [-0.1, -0.05) is 6.07 Å². The third-order valence-corrected chi connectivity index (χ3v) is 3.20. The number of hydrogen-bond acceptors (Lipinski definition) is 3. The Balaban J connectivity index is 1.86. The van der Waals surface area contributed by atoms with Crippen molar-refractivity contribution in [1.29, 1.82) is 0 Å². The number of rotatable bonds is 5. The number of furan rings is 1. The number of benzene rings is 1. The second kappa shape index (κ2) is 7.09. The lowest BCUT2D eigenvalue weighted by atomic mass is 10.1. The molecule has 2 amide bonds. The van der Waals surface area contributed by atoms with Gasteiger partial charge in [0, 0.05) is 12.5 Å². The Morgan fingerprint density at radius 2 is 2.18 bits per heavy atom. The van der Waals surface area contributed by atoms with Crippen molar-refractivity contribution in [3.63, 3.8) is 0 Å². The van der Waals surface area contributed by atoms with E-state index in [0.717, 1.165) is 5.56 Å². The van der Waals surface area contributed by atoms with Crippen molar-refractivity contribution in [3.05, 3.63) is 53.7 Å². The van der Waals surface area contributed by atoms with Gasteiger partial charge in [-0.2, -0.15) is 0 Å². The smallest absolute Gasteiger partial charge is 0.319 e. The van der Waals surface area contributed by atoms with E-state index in [1.165, 1.54) is 18.4 Å². The highest BCUT2D eigenvalue weighted by Gasteiger charge is 2.16. The first kappa shape index (κ1) is 16.0. The average Bonchev–Trinajstić information content (AvgIpc) is 2.95. The minimum absolute atomic E-state index is 0.113. The maximum absolute atomic E-state index is 13.6. The monoisotopic (exact) mass is 306 g/mol. The van der Waals surface area contributed by atoms with Gasteiger partial charge >= 0.3 is 6.03 Å². The topological polar surface area (TPSA) is 74.5 Å². The molecule has 0 aliphatic heterocycles. The Labute approximate surface area is 128 Å². The van der Waals surface area contributed by atoms with Crippen LogP contribution < -0.4 is 10.6 Å². The van der Waals surface area contributed by atoms with Crippen LogP contribution in [0.5, 0.6) is 0 Å². The highest BCUT2D eigenvalue weighted by molar-refractivity contribution is 5.89. The van der Waals surface area contributed by atoms with E-state index in [0.29, 0.717) is 5.76 Å². The van der Waals surface area contributed by atoms with Crippen LogP contribution in [-0.2, 0) is 0 Å². The maximum Gasteiger partial charge on any atom is 0.319 e. The summed E-state index contributed by atoms with van der Waals surface area (Å²) >= 11 is 0. The molecule has 0 aliphatic carbocycles. The number of aryl methyl sites for hydroxylation is 1. The quantitative estimate of drug-likeness (QED) is 0.793. The molecular formula is C16H19FN2O3. The normalized spacial score (nSPS) is 13.5. The van der Waals surface area contributed by atoms with E-state index in [9.17, 15) is 14.3 Å². The molecule has 6 heteroatoms. The Morgan fingerprint density at radius 3 is 2.82 bits per heavy atom. The van der Waals surface area contributed by atoms with Crippen molar-refractivity contribution in [1.82, 2.24) is 5.32 Å². The highest BCUT2D eigenvalue weighted by atomic mass is 19.1. The number of urea groups is 1. The molecule has 0 saturated carbocycles. The van der Waals surface area contributed by atoms with Crippen LogP contribution in [0.25, 0.3) is 0 Å². The zero-order chi connectivity index (χ0) is 16.1. The number of anilines is 1. The summed E-state index contributed by atoms with van der Waals surface area (Å²) in [5.41, 5.74) is 0.889. The third-order valence-electron chi connectivity index (χ3n) is 3.20. The van der Waals surface area contributed by atoms with Crippen LogP contribution in [0.2, 0.25) is 0 Å². The van der Waals surface area contributed by atoms with E-state index in [1.807, 2.05) is 0 Å². The summed E-state index contributed by atoms with van der Waals surface area (Å²) in [6.07, 6.45) is 0.960. The lowest BCUT2D eigenvalue weighted by molar-refractivity contribution is 0.130. The molecule has 22 heavy (non-hydrogen) atoms. The predicted octanol–water partition coefficient (Wildman–Crippen LogP) is 3.36. The Bertz CT molecular complexity index is 628. The zero-order valence-electron chi connectivity index (χ0n) is 12.5. The van der Waals surface area contributed by atoms with Crippen LogP contribution in [-0.4, -0.2) is 17.2 Å². The number of halogens is 1. The van der Waals surface area contributed by atoms with Crippen LogP contribution in [0.15, 0.2) is 41.0 Å². The van der Waals surface area contributed by atoms with Crippen LogP contribution >= 0.6 is 0 Å². The minimum atomic E-state index is -0.804. The molecule has 2 rings (SSSR count). The van der Waals surface area contributed by atoms with E-state index in [4.69, 9.17) is 4.42 Å². The van der Waals surface area contributed by atoms with Crippen LogP contribution in [0.4, 0.5) is 14.9 Å². The molecule has 2 unspecified atom stereocenters. The second-order valence-corrected chi connectivity index (χ2v) is 5.25. The van der Waals surface area contributed by atoms with Gasteiger partial charge in [-0.05, 0) is 43.7 Å². The first-order valence-corrected chi connectivity index (χ1v) is 7.01. The van der Waals surface area contributed by atoms with Gasteiger partial charge in [0.1, 0.15) is 17.7 Å². The van der Waals surface area contributed by atoms with Crippen molar-refractivity contribution >= 4 is 11.7 Å². The largest absolute Gasteiger partial charge is 0.467 e. The van der Waals surface area contributed by atoms with E-state index in [1.54, 1.807) is 32.0 Å². The standard InChI is InChI=1S/C16H19FN2O3/c1-10-5-6-13(12(17)8-10)19-16(21)18-11(2)9-14(20)15-4-3-7-22-15/h3-8,11,14,20H,9H2,1-2H3,(H2,18,19,21). The Kier molecular flexibility index (Phi) is 5.16. The zero-order valence-corrected chi connectivity index (χ0v) is 12.5. The number of carbonyl (C=O) groups is 1. The summed E-state index contributed by atoms with van der Waals surface area (Å²) < 4.78 is 18.7. The summed E-state index contributed by atoms with van der Waals surface area (Å²) in [6.45, 7) is 3.52. The molecule has 3 N–H and O–H groups in total.